The lowest BCUT2D eigenvalue weighted by Crippen LogP contribution is -2.25. The Balaban J connectivity index is 0.000000152. The number of rotatable bonds is 7. The quantitative estimate of drug-likeness (QED) is 0.128. The molecule has 1 atom stereocenters. The Morgan fingerprint density at radius 3 is 2.52 bits per heavy atom. The lowest BCUT2D eigenvalue weighted by molar-refractivity contribution is -0.286. The largest absolute Gasteiger partial charge is 0.609 e. The molecule has 244 valence electrons. The minimum Gasteiger partial charge on any atom is -0.609 e. The lowest BCUT2D eigenvalue weighted by Gasteiger charge is -2.07. The normalized spacial score (nSPS) is 13.9. The predicted molar refractivity (Wildman–Crippen MR) is 180 cm³/mol. The zero-order valence-electron chi connectivity index (χ0n) is 25.9. The summed E-state index contributed by atoms with van der Waals surface area (Å²) in [6.45, 7) is 4.19. The molecule has 4 aromatic heterocycles. The molecule has 0 saturated carbocycles. The van der Waals surface area contributed by atoms with Crippen molar-refractivity contribution in [3.8, 4) is 17.2 Å². The van der Waals surface area contributed by atoms with Crippen molar-refractivity contribution in [1.82, 2.24) is 29.9 Å². The Kier molecular flexibility index (Phi) is 8.54. The number of halogens is 2. The van der Waals surface area contributed by atoms with E-state index < -0.39 is 17.5 Å². The van der Waals surface area contributed by atoms with E-state index in [4.69, 9.17) is 9.72 Å². The summed E-state index contributed by atoms with van der Waals surface area (Å²) >= 11 is 0.187. The fraction of sp³-hybridized carbons (Fsp3) is 0.176. The fourth-order valence-electron chi connectivity index (χ4n) is 5.20. The van der Waals surface area contributed by atoms with Gasteiger partial charge in [-0.15, -0.1) is 8.78 Å². The summed E-state index contributed by atoms with van der Waals surface area (Å²) in [7, 11) is 1.53. The first-order chi connectivity index (χ1) is 23.1. The molecule has 0 saturated heterocycles. The number of fused-ring (bicyclic) bond motifs is 4. The Morgan fingerprint density at radius 1 is 0.917 bits per heavy atom. The van der Waals surface area contributed by atoms with Gasteiger partial charge in [0.15, 0.2) is 22.4 Å². The summed E-state index contributed by atoms with van der Waals surface area (Å²) in [5, 5.41) is 3.66. The maximum atomic E-state index is 13.1. The average Bonchev–Trinajstić information content (AvgIpc) is 3.77. The zero-order valence-corrected chi connectivity index (χ0v) is 27.5. The highest BCUT2D eigenvalue weighted by atomic mass is 32.2. The highest BCUT2D eigenvalue weighted by molar-refractivity contribution is 7.98. The van der Waals surface area contributed by atoms with E-state index in [9.17, 15) is 13.3 Å². The van der Waals surface area contributed by atoms with E-state index in [0.717, 1.165) is 27.6 Å². The van der Waals surface area contributed by atoms with Crippen LogP contribution >= 0.6 is 11.8 Å². The van der Waals surface area contributed by atoms with Gasteiger partial charge in [-0.1, -0.05) is 42.1 Å². The first-order valence-electron chi connectivity index (χ1n) is 14.7. The van der Waals surface area contributed by atoms with Crippen LogP contribution in [0.5, 0.6) is 17.2 Å². The monoisotopic (exact) mass is 686 g/mol. The first-order valence-corrected chi connectivity index (χ1v) is 17.0. The number of thioether (sulfide) groups is 1. The highest BCUT2D eigenvalue weighted by Gasteiger charge is 2.43. The predicted octanol–water partition coefficient (Wildman–Crippen LogP) is 7.62. The number of methoxy groups -OCH3 is 1. The SMILES string of the molecule is COc1ccnc(C[S+]([O-])c2nc3cc4c(cc3[nH]2)OC(F)(F)O4)c1.Cc1ccc(CSc2nc3c(C)c4ccccc4cc3[nH]2)nc1. The van der Waals surface area contributed by atoms with Crippen LogP contribution in [0.15, 0.2) is 89.4 Å². The van der Waals surface area contributed by atoms with Crippen molar-refractivity contribution in [3.05, 3.63) is 102 Å². The number of aromatic amines is 2. The van der Waals surface area contributed by atoms with Gasteiger partial charge in [0.2, 0.25) is 0 Å². The van der Waals surface area contributed by atoms with Crippen LogP contribution in [0.4, 0.5) is 8.78 Å². The summed E-state index contributed by atoms with van der Waals surface area (Å²) < 4.78 is 52.5. The van der Waals surface area contributed by atoms with Gasteiger partial charge in [0.25, 0.3) is 0 Å². The molecule has 8 rings (SSSR count). The van der Waals surface area contributed by atoms with Crippen LogP contribution in [-0.4, -0.2) is 47.9 Å². The molecule has 0 spiro atoms. The van der Waals surface area contributed by atoms with Gasteiger partial charge in [0, 0.05) is 47.5 Å². The van der Waals surface area contributed by atoms with Crippen molar-refractivity contribution in [2.24, 2.45) is 0 Å². The molecular weight excluding hydrogens is 659 g/mol. The Labute approximate surface area is 280 Å². The molecule has 0 bridgehead atoms. The number of pyridine rings is 2. The maximum absolute atomic E-state index is 13.1. The number of imidazole rings is 2. The number of benzene rings is 3. The van der Waals surface area contributed by atoms with Crippen molar-refractivity contribution < 1.29 is 27.5 Å². The lowest BCUT2D eigenvalue weighted by atomic mass is 10.0. The minimum atomic E-state index is -3.69. The molecule has 10 nitrogen and oxygen atoms in total. The van der Waals surface area contributed by atoms with Gasteiger partial charge in [-0.3, -0.25) is 15.0 Å². The van der Waals surface area contributed by atoms with E-state index in [0.29, 0.717) is 22.5 Å². The van der Waals surface area contributed by atoms with Gasteiger partial charge < -0.3 is 23.7 Å². The number of ether oxygens (including phenoxy) is 3. The van der Waals surface area contributed by atoms with Crippen LogP contribution in [0.2, 0.25) is 0 Å². The van der Waals surface area contributed by atoms with Crippen LogP contribution in [0.25, 0.3) is 32.8 Å². The first kappa shape index (κ1) is 31.7. The van der Waals surface area contributed by atoms with E-state index in [1.54, 1.807) is 30.1 Å². The average molecular weight is 687 g/mol. The molecule has 5 heterocycles. The van der Waals surface area contributed by atoms with Crippen molar-refractivity contribution in [1.29, 1.82) is 0 Å². The van der Waals surface area contributed by atoms with Crippen LogP contribution in [-0.2, 0) is 22.7 Å². The van der Waals surface area contributed by atoms with Crippen LogP contribution in [0.3, 0.4) is 0 Å². The van der Waals surface area contributed by atoms with E-state index in [1.807, 2.05) is 6.20 Å². The van der Waals surface area contributed by atoms with Gasteiger partial charge >= 0.3 is 11.5 Å². The Bertz CT molecular complexity index is 2220. The molecule has 0 fully saturated rings. The van der Waals surface area contributed by atoms with E-state index in [1.165, 1.54) is 41.1 Å². The second-order valence-electron chi connectivity index (χ2n) is 11.0. The van der Waals surface area contributed by atoms with Gasteiger partial charge in [0.05, 0.1) is 40.6 Å². The summed E-state index contributed by atoms with van der Waals surface area (Å²) in [4.78, 5) is 23.8. The fourth-order valence-corrected chi connectivity index (χ4v) is 6.98. The standard InChI is InChI=1S/C19H17N3S.C15H11F2N3O4S/c1-12-7-8-15(20-10-12)11-23-19-21-17-9-14-5-3-4-6-16(14)13(2)18(17)22-19;1-22-9-2-3-18-8(4-9)7-25(21)14-19-10-5-12-13(6-11(10)20-14)24-15(16,17)23-12/h3-10H,11H2,1-2H3,(H,21,22);2-6H,7H2,1H3,(H,19,20). The minimum absolute atomic E-state index is 0.104. The number of aryl methyl sites for hydroxylation is 2. The van der Waals surface area contributed by atoms with Crippen molar-refractivity contribution in [2.45, 2.75) is 42.0 Å². The molecule has 2 N–H and O–H groups in total. The van der Waals surface area contributed by atoms with E-state index in [-0.39, 0.29) is 22.4 Å². The topological polar surface area (TPSA) is 134 Å². The molecule has 7 aromatic rings. The molecule has 1 unspecified atom stereocenters. The number of H-pyrrole nitrogens is 2. The van der Waals surface area contributed by atoms with Gasteiger partial charge in [-0.2, -0.15) is 4.98 Å². The number of aromatic nitrogens is 6. The third-order valence-corrected chi connectivity index (χ3v) is 9.65. The van der Waals surface area contributed by atoms with Crippen molar-refractivity contribution in [3.63, 3.8) is 0 Å². The number of hydrogen-bond donors (Lipinski definition) is 2. The molecule has 0 radical (unpaired) electrons. The zero-order chi connectivity index (χ0) is 33.4. The Hall–Kier alpha value is -4.92. The smallest absolute Gasteiger partial charge is 0.586 e. The number of alkyl halides is 2. The van der Waals surface area contributed by atoms with Crippen molar-refractivity contribution >= 4 is 55.8 Å². The third-order valence-electron chi connectivity index (χ3n) is 7.56. The molecule has 14 heteroatoms. The second kappa shape index (κ2) is 12.9. The van der Waals surface area contributed by atoms with Crippen LogP contribution in [0.1, 0.15) is 22.5 Å². The molecule has 0 aliphatic carbocycles. The number of nitrogens with one attached hydrogen (secondary N) is 2. The highest BCUT2D eigenvalue weighted by Crippen LogP contribution is 2.43. The molecule has 3 aromatic carbocycles. The van der Waals surface area contributed by atoms with Gasteiger partial charge in [-0.25, -0.2) is 4.98 Å². The number of hydrogen-bond acceptors (Lipinski definition) is 9. The van der Waals surface area contributed by atoms with E-state index >= 15 is 0 Å². The summed E-state index contributed by atoms with van der Waals surface area (Å²) in [5.41, 5.74) is 6.99. The molecule has 48 heavy (non-hydrogen) atoms. The van der Waals surface area contributed by atoms with Gasteiger partial charge in [0.1, 0.15) is 5.75 Å². The summed E-state index contributed by atoms with van der Waals surface area (Å²) in [6, 6.07) is 20.8. The number of nitrogens with zero attached hydrogens (tertiary/aromatic N) is 4. The summed E-state index contributed by atoms with van der Waals surface area (Å²) in [5.74, 6) is 1.34. The van der Waals surface area contributed by atoms with Crippen LogP contribution < -0.4 is 14.2 Å². The molecule has 0 amide bonds. The van der Waals surface area contributed by atoms with Gasteiger partial charge in [-0.05, 0) is 53.9 Å². The molecular formula is C34H28F2N6O4S2. The maximum Gasteiger partial charge on any atom is 0.586 e. The summed E-state index contributed by atoms with van der Waals surface area (Å²) in [6.07, 6.45) is -0.223. The molecule has 1 aliphatic rings. The third kappa shape index (κ3) is 6.72. The second-order valence-corrected chi connectivity index (χ2v) is 13.3. The van der Waals surface area contributed by atoms with Crippen LogP contribution in [0, 0.1) is 13.8 Å². The molecule has 1 aliphatic heterocycles. The Morgan fingerprint density at radius 2 is 1.73 bits per heavy atom. The van der Waals surface area contributed by atoms with E-state index in [2.05, 4.69) is 90.7 Å². The van der Waals surface area contributed by atoms with Crippen molar-refractivity contribution in [2.75, 3.05) is 7.11 Å².